The molecule has 0 saturated carbocycles. The summed E-state index contributed by atoms with van der Waals surface area (Å²) in [6.07, 6.45) is 3.37. The lowest BCUT2D eigenvalue weighted by atomic mass is 10.1. The van der Waals surface area contributed by atoms with Crippen molar-refractivity contribution in [3.8, 4) is 17.3 Å². The zero-order valence-corrected chi connectivity index (χ0v) is 14.4. The van der Waals surface area contributed by atoms with Crippen LogP contribution in [-0.2, 0) is 13.2 Å². The number of aromatic nitrogens is 3. The summed E-state index contributed by atoms with van der Waals surface area (Å²) < 4.78 is 3.07. The van der Waals surface area contributed by atoms with Gasteiger partial charge in [0.15, 0.2) is 0 Å². The SMILES string of the molecule is N#Cc1cccc(Cn2ccn3nc(-c4ccccc4)c(CO)c3c2=O)c1. The summed E-state index contributed by atoms with van der Waals surface area (Å²) in [5.74, 6) is 0. The van der Waals surface area contributed by atoms with Gasteiger partial charge in [-0.15, -0.1) is 0 Å². The first-order chi connectivity index (χ1) is 13.2. The summed E-state index contributed by atoms with van der Waals surface area (Å²) in [7, 11) is 0. The van der Waals surface area contributed by atoms with E-state index in [0.717, 1.165) is 11.1 Å². The second kappa shape index (κ2) is 6.90. The predicted octanol–water partition coefficient (Wildman–Crippen LogP) is 2.58. The standard InChI is InChI=1S/C21H16N4O2/c22-12-15-5-4-6-16(11-15)13-24-9-10-25-20(21(24)27)18(14-26)19(23-25)17-7-2-1-3-8-17/h1-11,26H,13-14H2. The lowest BCUT2D eigenvalue weighted by Gasteiger charge is -2.07. The van der Waals surface area contributed by atoms with Crippen LogP contribution >= 0.6 is 0 Å². The van der Waals surface area contributed by atoms with E-state index >= 15 is 0 Å². The van der Waals surface area contributed by atoms with Crippen molar-refractivity contribution in [2.45, 2.75) is 13.2 Å². The second-order valence-corrected chi connectivity index (χ2v) is 6.19. The Balaban J connectivity index is 1.84. The molecule has 0 spiro atoms. The molecule has 0 fully saturated rings. The Morgan fingerprint density at radius 2 is 1.89 bits per heavy atom. The first-order valence-corrected chi connectivity index (χ1v) is 8.47. The first kappa shape index (κ1) is 16.8. The van der Waals surface area contributed by atoms with Crippen LogP contribution in [0.25, 0.3) is 16.8 Å². The van der Waals surface area contributed by atoms with E-state index in [4.69, 9.17) is 5.26 Å². The van der Waals surface area contributed by atoms with Gasteiger partial charge in [0.2, 0.25) is 0 Å². The van der Waals surface area contributed by atoms with Gasteiger partial charge in [-0.25, -0.2) is 4.52 Å². The van der Waals surface area contributed by atoms with Crippen LogP contribution in [0.5, 0.6) is 0 Å². The quantitative estimate of drug-likeness (QED) is 0.609. The third-order valence-electron chi connectivity index (χ3n) is 4.47. The lowest BCUT2D eigenvalue weighted by molar-refractivity contribution is 0.283. The summed E-state index contributed by atoms with van der Waals surface area (Å²) in [5, 5.41) is 23.4. The molecule has 2 aromatic heterocycles. The van der Waals surface area contributed by atoms with Crippen molar-refractivity contribution in [1.29, 1.82) is 5.26 Å². The van der Waals surface area contributed by atoms with Crippen LogP contribution in [0.4, 0.5) is 0 Å². The fourth-order valence-electron chi connectivity index (χ4n) is 3.19. The average molecular weight is 356 g/mol. The number of nitriles is 1. The number of aliphatic hydroxyl groups is 1. The maximum absolute atomic E-state index is 13.0. The highest BCUT2D eigenvalue weighted by Gasteiger charge is 2.17. The van der Waals surface area contributed by atoms with Gasteiger partial charge in [-0.1, -0.05) is 42.5 Å². The van der Waals surface area contributed by atoms with E-state index in [-0.39, 0.29) is 12.2 Å². The molecule has 0 amide bonds. The lowest BCUT2D eigenvalue weighted by Crippen LogP contribution is -2.22. The summed E-state index contributed by atoms with van der Waals surface area (Å²) in [6, 6.07) is 18.7. The van der Waals surface area contributed by atoms with E-state index in [1.54, 1.807) is 35.2 Å². The molecule has 0 bridgehead atoms. The van der Waals surface area contributed by atoms with Gasteiger partial charge >= 0.3 is 0 Å². The molecule has 27 heavy (non-hydrogen) atoms. The maximum atomic E-state index is 13.0. The molecule has 0 aliphatic carbocycles. The van der Waals surface area contributed by atoms with Crippen LogP contribution in [0.15, 0.2) is 71.8 Å². The van der Waals surface area contributed by atoms with E-state index in [1.807, 2.05) is 36.4 Å². The maximum Gasteiger partial charge on any atom is 0.277 e. The van der Waals surface area contributed by atoms with Gasteiger partial charge in [-0.2, -0.15) is 10.4 Å². The monoisotopic (exact) mass is 356 g/mol. The van der Waals surface area contributed by atoms with Crippen LogP contribution in [0.2, 0.25) is 0 Å². The molecule has 4 rings (SSSR count). The summed E-state index contributed by atoms with van der Waals surface area (Å²) in [5.41, 5.74) is 3.47. The van der Waals surface area contributed by atoms with Crippen molar-refractivity contribution < 1.29 is 5.11 Å². The summed E-state index contributed by atoms with van der Waals surface area (Å²) >= 11 is 0. The number of benzene rings is 2. The van der Waals surface area contributed by atoms with E-state index in [1.165, 1.54) is 4.52 Å². The molecule has 0 unspecified atom stereocenters. The number of hydrogen-bond acceptors (Lipinski definition) is 4. The molecule has 0 aliphatic heterocycles. The largest absolute Gasteiger partial charge is 0.392 e. The molecular weight excluding hydrogens is 340 g/mol. The summed E-state index contributed by atoms with van der Waals surface area (Å²) in [6.45, 7) is 0.0540. The summed E-state index contributed by atoms with van der Waals surface area (Å²) in [4.78, 5) is 13.0. The third kappa shape index (κ3) is 3.01. The van der Waals surface area contributed by atoms with Gasteiger partial charge in [0, 0.05) is 23.5 Å². The van der Waals surface area contributed by atoms with Crippen molar-refractivity contribution in [3.63, 3.8) is 0 Å². The van der Waals surface area contributed by atoms with Gasteiger partial charge in [-0.05, 0) is 17.7 Å². The van der Waals surface area contributed by atoms with E-state index in [9.17, 15) is 9.90 Å². The van der Waals surface area contributed by atoms with Crippen molar-refractivity contribution in [2.75, 3.05) is 0 Å². The fourth-order valence-corrected chi connectivity index (χ4v) is 3.19. The van der Waals surface area contributed by atoms with Crippen LogP contribution < -0.4 is 5.56 Å². The Labute approximate surface area is 155 Å². The molecule has 1 N–H and O–H groups in total. The Hall–Kier alpha value is -3.69. The number of hydrogen-bond donors (Lipinski definition) is 1. The zero-order valence-electron chi connectivity index (χ0n) is 14.4. The van der Waals surface area contributed by atoms with Crippen LogP contribution in [0.1, 0.15) is 16.7 Å². The Bertz CT molecular complexity index is 1220. The number of aliphatic hydroxyl groups excluding tert-OH is 1. The van der Waals surface area contributed by atoms with Gasteiger partial charge < -0.3 is 9.67 Å². The average Bonchev–Trinajstić information content (AvgIpc) is 3.10. The van der Waals surface area contributed by atoms with Crippen molar-refractivity contribution in [2.24, 2.45) is 0 Å². The molecular formula is C21H16N4O2. The molecule has 0 saturated heterocycles. The Morgan fingerprint density at radius 1 is 1.07 bits per heavy atom. The number of nitrogens with zero attached hydrogens (tertiary/aromatic N) is 4. The molecule has 0 atom stereocenters. The minimum atomic E-state index is -0.281. The molecule has 6 nitrogen and oxygen atoms in total. The molecule has 6 heteroatoms. The van der Waals surface area contributed by atoms with Gasteiger partial charge in [0.05, 0.1) is 30.5 Å². The Morgan fingerprint density at radius 3 is 2.63 bits per heavy atom. The van der Waals surface area contributed by atoms with Crippen molar-refractivity contribution in [3.05, 3.63) is 94.0 Å². The third-order valence-corrected chi connectivity index (χ3v) is 4.47. The predicted molar refractivity (Wildman–Crippen MR) is 101 cm³/mol. The zero-order chi connectivity index (χ0) is 18.8. The molecule has 2 heterocycles. The molecule has 4 aromatic rings. The highest BCUT2D eigenvalue weighted by molar-refractivity contribution is 5.72. The molecule has 0 radical (unpaired) electrons. The molecule has 0 aliphatic rings. The van der Waals surface area contributed by atoms with Gasteiger partial charge in [0.25, 0.3) is 5.56 Å². The van der Waals surface area contributed by atoms with Crippen LogP contribution in [0.3, 0.4) is 0 Å². The van der Waals surface area contributed by atoms with E-state index in [0.29, 0.717) is 28.9 Å². The number of rotatable bonds is 4. The van der Waals surface area contributed by atoms with Crippen LogP contribution in [0, 0.1) is 11.3 Å². The van der Waals surface area contributed by atoms with E-state index < -0.39 is 0 Å². The second-order valence-electron chi connectivity index (χ2n) is 6.19. The topological polar surface area (TPSA) is 83.3 Å². The minimum absolute atomic E-state index is 0.237. The highest BCUT2D eigenvalue weighted by Crippen LogP contribution is 2.24. The van der Waals surface area contributed by atoms with Gasteiger partial charge in [-0.3, -0.25) is 4.79 Å². The fraction of sp³-hybridized carbons (Fsp3) is 0.0952. The smallest absolute Gasteiger partial charge is 0.277 e. The van der Waals surface area contributed by atoms with Crippen molar-refractivity contribution in [1.82, 2.24) is 14.2 Å². The molecule has 2 aromatic carbocycles. The van der Waals surface area contributed by atoms with E-state index in [2.05, 4.69) is 11.2 Å². The minimum Gasteiger partial charge on any atom is -0.392 e. The van der Waals surface area contributed by atoms with Crippen molar-refractivity contribution >= 4 is 5.52 Å². The normalized spacial score (nSPS) is 10.8. The number of fused-ring (bicyclic) bond motifs is 1. The first-order valence-electron chi connectivity index (χ1n) is 8.47. The van der Waals surface area contributed by atoms with Crippen LogP contribution in [-0.4, -0.2) is 19.3 Å². The van der Waals surface area contributed by atoms with Gasteiger partial charge in [0.1, 0.15) is 5.52 Å². The molecule has 132 valence electrons. The highest BCUT2D eigenvalue weighted by atomic mass is 16.3. The Kier molecular flexibility index (Phi) is 4.29.